The van der Waals surface area contributed by atoms with Gasteiger partial charge in [0.05, 0.1) is 0 Å². The second kappa shape index (κ2) is 11.5. The minimum Gasteiger partial charge on any atom is -0.0726 e. The van der Waals surface area contributed by atoms with Crippen molar-refractivity contribution in [1.29, 1.82) is 0 Å². The van der Waals surface area contributed by atoms with E-state index in [-0.39, 0.29) is 0 Å². The first-order valence-corrected chi connectivity index (χ1v) is 12.1. The summed E-state index contributed by atoms with van der Waals surface area (Å²) in [5.41, 5.74) is 4.08. The first-order valence-electron chi connectivity index (χ1n) is 12.1. The van der Waals surface area contributed by atoms with Crippen LogP contribution in [0.4, 0.5) is 0 Å². The molecule has 1 atom stereocenters. The Kier molecular flexibility index (Phi) is 8.72. The fourth-order valence-electron chi connectivity index (χ4n) is 5.03. The molecule has 0 N–H and O–H groups in total. The average Bonchev–Trinajstić information content (AvgIpc) is 2.76. The molecule has 1 aromatic rings. The van der Waals surface area contributed by atoms with Gasteiger partial charge in [-0.05, 0) is 86.0 Å². The molecule has 0 bridgehead atoms. The molecular weight excluding hydrogens is 336 g/mol. The smallest absolute Gasteiger partial charge is 0.0249 e. The third-order valence-corrected chi connectivity index (χ3v) is 7.05. The average molecular weight is 377 g/mol. The fourth-order valence-corrected chi connectivity index (χ4v) is 5.03. The molecule has 152 valence electrons. The predicted octanol–water partition coefficient (Wildman–Crippen LogP) is 8.42. The molecule has 3 rings (SSSR count). The maximum absolute atomic E-state index is 3.45. The van der Waals surface area contributed by atoms with Crippen molar-refractivity contribution in [3.05, 3.63) is 47.0 Å². The van der Waals surface area contributed by atoms with E-state index < -0.39 is 0 Å². The largest absolute Gasteiger partial charge is 0.0726 e. The summed E-state index contributed by atoms with van der Waals surface area (Å²) in [7, 11) is 0. The molecule has 0 nitrogen and oxygen atoms in total. The lowest BCUT2D eigenvalue weighted by molar-refractivity contribution is 0.304. The van der Waals surface area contributed by atoms with Gasteiger partial charge in [0.15, 0.2) is 0 Å². The van der Waals surface area contributed by atoms with Gasteiger partial charge in [-0.25, -0.2) is 0 Å². The van der Waals surface area contributed by atoms with Gasteiger partial charge in [0.25, 0.3) is 0 Å². The Morgan fingerprint density at radius 3 is 2.07 bits per heavy atom. The monoisotopic (exact) mass is 376 g/mol. The first-order chi connectivity index (χ1) is 13.8. The zero-order chi connectivity index (χ0) is 19.6. The van der Waals surface area contributed by atoms with E-state index in [0.717, 1.165) is 17.8 Å². The van der Waals surface area contributed by atoms with Gasteiger partial charge in [0.2, 0.25) is 0 Å². The summed E-state index contributed by atoms with van der Waals surface area (Å²) < 4.78 is 0. The van der Waals surface area contributed by atoms with Crippen LogP contribution in [-0.2, 0) is 0 Å². The molecule has 0 spiro atoms. The molecule has 1 saturated carbocycles. The number of hydrogen-bond donors (Lipinski definition) is 0. The van der Waals surface area contributed by atoms with Crippen molar-refractivity contribution in [3.8, 4) is 11.8 Å². The highest BCUT2D eigenvalue weighted by Gasteiger charge is 2.21. The molecule has 1 fully saturated rings. The van der Waals surface area contributed by atoms with Crippen LogP contribution in [0.15, 0.2) is 35.9 Å². The summed E-state index contributed by atoms with van der Waals surface area (Å²) in [6.45, 7) is 4.60. The van der Waals surface area contributed by atoms with Gasteiger partial charge in [0.1, 0.15) is 0 Å². The maximum Gasteiger partial charge on any atom is 0.0249 e. The lowest BCUT2D eigenvalue weighted by atomic mass is 9.77. The normalized spacial score (nSPS) is 24.9. The summed E-state index contributed by atoms with van der Waals surface area (Å²) in [4.78, 5) is 0. The highest BCUT2D eigenvalue weighted by Crippen LogP contribution is 2.37. The minimum absolute atomic E-state index is 0.779. The lowest BCUT2D eigenvalue weighted by Crippen LogP contribution is -2.13. The zero-order valence-electron chi connectivity index (χ0n) is 18.3. The summed E-state index contributed by atoms with van der Waals surface area (Å²) >= 11 is 0. The molecule has 2 aliphatic rings. The second-order valence-electron chi connectivity index (χ2n) is 9.24. The lowest BCUT2D eigenvalue weighted by Gasteiger charge is -2.28. The van der Waals surface area contributed by atoms with Crippen molar-refractivity contribution < 1.29 is 0 Å². The van der Waals surface area contributed by atoms with Crippen molar-refractivity contribution >= 4 is 0 Å². The predicted molar refractivity (Wildman–Crippen MR) is 122 cm³/mol. The quantitative estimate of drug-likeness (QED) is 0.419. The minimum atomic E-state index is 0.779. The van der Waals surface area contributed by atoms with Gasteiger partial charge >= 0.3 is 0 Å². The molecule has 0 radical (unpaired) electrons. The zero-order valence-corrected chi connectivity index (χ0v) is 18.3. The van der Waals surface area contributed by atoms with Crippen LogP contribution in [0.2, 0.25) is 0 Å². The number of hydrogen-bond acceptors (Lipinski definition) is 0. The summed E-state index contributed by atoms with van der Waals surface area (Å²) in [5.74, 6) is 9.54. The van der Waals surface area contributed by atoms with E-state index in [1.165, 1.54) is 100 Å². The molecule has 0 aliphatic heterocycles. The van der Waals surface area contributed by atoms with E-state index in [9.17, 15) is 0 Å². The van der Waals surface area contributed by atoms with Crippen LogP contribution in [0, 0.1) is 23.7 Å². The van der Waals surface area contributed by atoms with Gasteiger partial charge < -0.3 is 0 Å². The summed E-state index contributed by atoms with van der Waals surface area (Å²) in [5, 5.41) is 0. The highest BCUT2D eigenvalue weighted by molar-refractivity contribution is 5.42. The van der Waals surface area contributed by atoms with Gasteiger partial charge in [0, 0.05) is 5.56 Å². The molecule has 1 unspecified atom stereocenters. The molecule has 0 saturated heterocycles. The van der Waals surface area contributed by atoms with Gasteiger partial charge in [-0.1, -0.05) is 82.4 Å². The summed E-state index contributed by atoms with van der Waals surface area (Å²) in [6.07, 6.45) is 20.1. The Balaban J connectivity index is 1.48. The van der Waals surface area contributed by atoms with Crippen LogP contribution in [-0.4, -0.2) is 0 Å². The molecule has 0 amide bonds. The maximum atomic E-state index is 3.45. The highest BCUT2D eigenvalue weighted by atomic mass is 14.3. The van der Waals surface area contributed by atoms with Crippen LogP contribution in [0.25, 0.3) is 0 Å². The molecular formula is C28H40. The third-order valence-electron chi connectivity index (χ3n) is 7.05. The first kappa shape index (κ1) is 21.2. The van der Waals surface area contributed by atoms with E-state index in [1.807, 2.05) is 0 Å². The molecule has 0 heterocycles. The molecule has 0 heteroatoms. The number of rotatable bonds is 7. The van der Waals surface area contributed by atoms with Crippen LogP contribution >= 0.6 is 0 Å². The fraction of sp³-hybridized carbons (Fsp3) is 0.643. The molecule has 2 aliphatic carbocycles. The topological polar surface area (TPSA) is 0 Å². The van der Waals surface area contributed by atoms with E-state index in [4.69, 9.17) is 0 Å². The van der Waals surface area contributed by atoms with Gasteiger partial charge in [-0.15, -0.1) is 0 Å². The van der Waals surface area contributed by atoms with Gasteiger partial charge in [-0.2, -0.15) is 0 Å². The Bertz CT molecular complexity index is 658. The standard InChI is InChI=1S/C28H40/c1-3-5-7-23-9-11-25(12-10-23)13-14-26-17-21-28(22-18-26)27-19-15-24(16-20-27)8-6-4-2/h11,17-18,21-24,27H,3-10,12,15-16,19-20H2,1-2H3. The van der Waals surface area contributed by atoms with Crippen molar-refractivity contribution in [2.75, 3.05) is 0 Å². The number of benzene rings is 1. The van der Waals surface area contributed by atoms with E-state index >= 15 is 0 Å². The van der Waals surface area contributed by atoms with Crippen LogP contribution < -0.4 is 0 Å². The Hall–Kier alpha value is -1.48. The van der Waals surface area contributed by atoms with Crippen molar-refractivity contribution in [2.24, 2.45) is 11.8 Å². The van der Waals surface area contributed by atoms with E-state index in [0.29, 0.717) is 0 Å². The van der Waals surface area contributed by atoms with Crippen LogP contribution in [0.3, 0.4) is 0 Å². The second-order valence-corrected chi connectivity index (χ2v) is 9.24. The molecule has 1 aromatic carbocycles. The third kappa shape index (κ3) is 6.55. The van der Waals surface area contributed by atoms with E-state index in [2.05, 4.69) is 56.0 Å². The van der Waals surface area contributed by atoms with Crippen LogP contribution in [0.5, 0.6) is 0 Å². The summed E-state index contributed by atoms with van der Waals surface area (Å²) in [6, 6.07) is 9.19. The van der Waals surface area contributed by atoms with E-state index in [1.54, 1.807) is 0 Å². The molecule has 28 heavy (non-hydrogen) atoms. The van der Waals surface area contributed by atoms with Crippen molar-refractivity contribution in [1.82, 2.24) is 0 Å². The molecule has 0 aromatic heterocycles. The SMILES string of the molecule is CCCCC1CC=C(C#Cc2ccc(C3CCC(CCCC)CC3)cc2)CC1. The van der Waals surface area contributed by atoms with Gasteiger partial charge in [-0.3, -0.25) is 0 Å². The van der Waals surface area contributed by atoms with Crippen molar-refractivity contribution in [2.45, 2.75) is 103 Å². The Labute approximate surface area is 174 Å². The number of allylic oxidation sites excluding steroid dienone is 2. The van der Waals surface area contributed by atoms with Crippen LogP contribution in [0.1, 0.15) is 114 Å². The number of unbranched alkanes of at least 4 members (excludes halogenated alkanes) is 2. The Morgan fingerprint density at radius 1 is 0.786 bits per heavy atom. The Morgan fingerprint density at radius 2 is 1.46 bits per heavy atom. The van der Waals surface area contributed by atoms with Crippen molar-refractivity contribution in [3.63, 3.8) is 0 Å².